The Labute approximate surface area is 94.5 Å². The lowest BCUT2D eigenvalue weighted by atomic mass is 10.4. The topological polar surface area (TPSA) is 138 Å². The molecule has 0 saturated carbocycles. The van der Waals surface area contributed by atoms with Crippen LogP contribution in [-0.4, -0.2) is 50.9 Å². The fraction of sp³-hybridized carbons (Fsp3) is 0.833. The van der Waals surface area contributed by atoms with E-state index in [9.17, 15) is 21.6 Å². The summed E-state index contributed by atoms with van der Waals surface area (Å²) < 4.78 is 51.7. The van der Waals surface area contributed by atoms with Gasteiger partial charge in [-0.05, 0) is 6.42 Å². The summed E-state index contributed by atoms with van der Waals surface area (Å²) in [5.74, 6) is 0.204. The van der Waals surface area contributed by atoms with Crippen molar-refractivity contribution in [2.45, 2.75) is 12.8 Å². The van der Waals surface area contributed by atoms with Crippen LogP contribution in [0.3, 0.4) is 0 Å². The maximum atomic E-state index is 10.1. The molecule has 1 fully saturated rings. The van der Waals surface area contributed by atoms with Gasteiger partial charge in [-0.1, -0.05) is 0 Å². The minimum Gasteiger partial charge on any atom is -0.356 e. The Kier molecular flexibility index (Phi) is 8.34. The molecule has 0 aromatic carbocycles. The molecule has 0 atom stereocenters. The summed E-state index contributed by atoms with van der Waals surface area (Å²) in [5, 5.41) is 2.68. The van der Waals surface area contributed by atoms with E-state index in [0.717, 1.165) is 19.4 Å². The fourth-order valence-electron chi connectivity index (χ4n) is 0.565. The number of hydrogen-bond donors (Lipinski definition) is 3. The van der Waals surface area contributed by atoms with Gasteiger partial charge in [0.15, 0.2) is 0 Å². The van der Waals surface area contributed by atoms with E-state index in [-0.39, 0.29) is 5.91 Å². The molecule has 0 aromatic rings. The van der Waals surface area contributed by atoms with E-state index in [1.165, 1.54) is 0 Å². The average molecular weight is 277 g/mol. The van der Waals surface area contributed by atoms with Gasteiger partial charge in [0.25, 0.3) is 20.2 Å². The Hall–Kier alpha value is -0.710. The minimum atomic E-state index is -3.67. The zero-order chi connectivity index (χ0) is 13.4. The Balaban J connectivity index is 0. The molecular formula is C6H15NO7S2. The van der Waals surface area contributed by atoms with Crippen molar-refractivity contribution in [3.8, 4) is 0 Å². The lowest BCUT2D eigenvalue weighted by molar-refractivity contribution is -0.119. The highest BCUT2D eigenvalue weighted by Crippen LogP contribution is 1.93. The highest BCUT2D eigenvalue weighted by molar-refractivity contribution is 7.85. The first-order valence-corrected chi connectivity index (χ1v) is 7.71. The van der Waals surface area contributed by atoms with E-state index in [2.05, 4.69) is 5.32 Å². The second-order valence-corrected chi connectivity index (χ2v) is 5.85. The lowest BCUT2D eigenvalue weighted by Gasteiger charge is -1.80. The maximum absolute atomic E-state index is 10.1. The Morgan fingerprint density at radius 1 is 1.06 bits per heavy atom. The zero-order valence-electron chi connectivity index (χ0n) is 8.87. The first-order chi connectivity index (χ1) is 6.89. The number of amides is 1. The van der Waals surface area contributed by atoms with Crippen LogP contribution in [0.2, 0.25) is 0 Å². The number of hydrogen-bond acceptors (Lipinski definition) is 5. The number of rotatable bonds is 0. The van der Waals surface area contributed by atoms with Crippen molar-refractivity contribution in [2.75, 3.05) is 19.1 Å². The van der Waals surface area contributed by atoms with Gasteiger partial charge in [-0.3, -0.25) is 13.9 Å². The minimum absolute atomic E-state index is 0.204. The number of carbonyl (C=O) groups excluding carboxylic acids is 1. The monoisotopic (exact) mass is 277 g/mol. The number of carbonyl (C=O) groups is 1. The maximum Gasteiger partial charge on any atom is 0.261 e. The van der Waals surface area contributed by atoms with E-state index in [0.29, 0.717) is 12.5 Å². The predicted octanol–water partition coefficient (Wildman–Crippen LogP) is -1.10. The molecule has 1 rings (SSSR count). The molecule has 1 aliphatic heterocycles. The van der Waals surface area contributed by atoms with Gasteiger partial charge in [0.1, 0.15) is 0 Å². The van der Waals surface area contributed by atoms with Gasteiger partial charge in [0.2, 0.25) is 5.91 Å². The van der Waals surface area contributed by atoms with Crippen molar-refractivity contribution in [1.29, 1.82) is 0 Å². The van der Waals surface area contributed by atoms with E-state index >= 15 is 0 Å². The summed E-state index contributed by atoms with van der Waals surface area (Å²) in [7, 11) is -7.33. The van der Waals surface area contributed by atoms with Crippen LogP contribution in [0, 0.1) is 0 Å². The van der Waals surface area contributed by atoms with E-state index < -0.39 is 20.2 Å². The molecule has 1 aliphatic rings. The van der Waals surface area contributed by atoms with Crippen LogP contribution in [0.25, 0.3) is 0 Å². The fourth-order valence-corrected chi connectivity index (χ4v) is 0.565. The van der Waals surface area contributed by atoms with Crippen LogP contribution in [0.15, 0.2) is 0 Å². The third kappa shape index (κ3) is 50.7. The molecule has 0 aromatic heterocycles. The highest BCUT2D eigenvalue weighted by atomic mass is 32.2. The first-order valence-electron chi connectivity index (χ1n) is 4.01. The second kappa shape index (κ2) is 7.54. The molecule has 16 heavy (non-hydrogen) atoms. The predicted molar refractivity (Wildman–Crippen MR) is 57.2 cm³/mol. The molecule has 0 unspecified atom stereocenters. The Morgan fingerprint density at radius 3 is 1.44 bits per heavy atom. The van der Waals surface area contributed by atoms with Crippen LogP contribution < -0.4 is 5.32 Å². The standard InChI is InChI=1S/C4H7NO.2CH4O3S/c6-4-2-1-3-5-4;2*1-5(2,3)4/h1-3H2,(H,5,6);2*1H3,(H,2,3,4). The van der Waals surface area contributed by atoms with Crippen LogP contribution in [0.5, 0.6) is 0 Å². The Bertz CT molecular complexity index is 343. The molecule has 0 spiro atoms. The highest BCUT2D eigenvalue weighted by Gasteiger charge is 2.05. The van der Waals surface area contributed by atoms with Crippen molar-refractivity contribution in [3.05, 3.63) is 0 Å². The summed E-state index contributed by atoms with van der Waals surface area (Å²) in [6, 6.07) is 0. The second-order valence-electron chi connectivity index (χ2n) is 2.92. The van der Waals surface area contributed by atoms with Gasteiger partial charge in [-0.2, -0.15) is 16.8 Å². The third-order valence-electron chi connectivity index (χ3n) is 0.903. The van der Waals surface area contributed by atoms with Gasteiger partial charge in [0, 0.05) is 13.0 Å². The molecule has 0 aliphatic carbocycles. The summed E-state index contributed by atoms with van der Waals surface area (Å²) in [6.45, 7) is 0.888. The molecule has 1 amide bonds. The SMILES string of the molecule is CS(=O)(=O)O.CS(=O)(=O)O.O=C1CCCN1. The summed E-state index contributed by atoms with van der Waals surface area (Å²) >= 11 is 0. The van der Waals surface area contributed by atoms with Crippen LogP contribution in [0.4, 0.5) is 0 Å². The van der Waals surface area contributed by atoms with Crippen LogP contribution in [-0.2, 0) is 25.0 Å². The van der Waals surface area contributed by atoms with Crippen molar-refractivity contribution < 1.29 is 30.7 Å². The third-order valence-corrected chi connectivity index (χ3v) is 0.903. The average Bonchev–Trinajstić information content (AvgIpc) is 2.30. The van der Waals surface area contributed by atoms with E-state index in [4.69, 9.17) is 9.11 Å². The van der Waals surface area contributed by atoms with Crippen LogP contribution >= 0.6 is 0 Å². The van der Waals surface area contributed by atoms with Gasteiger partial charge in [0.05, 0.1) is 12.5 Å². The van der Waals surface area contributed by atoms with Gasteiger partial charge < -0.3 is 5.32 Å². The molecule has 3 N–H and O–H groups in total. The smallest absolute Gasteiger partial charge is 0.261 e. The van der Waals surface area contributed by atoms with Gasteiger partial charge in [-0.15, -0.1) is 0 Å². The molecule has 98 valence electrons. The molecule has 0 bridgehead atoms. The van der Waals surface area contributed by atoms with Crippen molar-refractivity contribution >= 4 is 26.1 Å². The van der Waals surface area contributed by atoms with Crippen molar-refractivity contribution in [1.82, 2.24) is 5.32 Å². The zero-order valence-corrected chi connectivity index (χ0v) is 10.5. The molecule has 0 radical (unpaired) electrons. The molecular weight excluding hydrogens is 262 g/mol. The van der Waals surface area contributed by atoms with Crippen molar-refractivity contribution in [3.63, 3.8) is 0 Å². The van der Waals surface area contributed by atoms with Crippen molar-refractivity contribution in [2.24, 2.45) is 0 Å². The van der Waals surface area contributed by atoms with E-state index in [1.54, 1.807) is 0 Å². The van der Waals surface area contributed by atoms with Gasteiger partial charge in [-0.25, -0.2) is 0 Å². The molecule has 8 nitrogen and oxygen atoms in total. The van der Waals surface area contributed by atoms with Gasteiger partial charge >= 0.3 is 0 Å². The molecule has 10 heteroatoms. The largest absolute Gasteiger partial charge is 0.356 e. The number of nitrogens with one attached hydrogen (secondary N) is 1. The quantitative estimate of drug-likeness (QED) is 0.478. The molecule has 1 heterocycles. The normalized spacial score (nSPS) is 15.1. The lowest BCUT2D eigenvalue weighted by Crippen LogP contribution is -2.12. The van der Waals surface area contributed by atoms with Crippen LogP contribution in [0.1, 0.15) is 12.8 Å². The Morgan fingerprint density at radius 2 is 1.38 bits per heavy atom. The van der Waals surface area contributed by atoms with E-state index in [1.807, 2.05) is 0 Å². The summed E-state index contributed by atoms with van der Waals surface area (Å²) in [6.07, 6.45) is 3.19. The summed E-state index contributed by atoms with van der Waals surface area (Å²) in [4.78, 5) is 10.1. The molecule has 1 saturated heterocycles. The first kappa shape index (κ1) is 17.7. The summed E-state index contributed by atoms with van der Waals surface area (Å²) in [5.41, 5.74) is 0.